The van der Waals surface area contributed by atoms with E-state index in [0.29, 0.717) is 12.2 Å². The third-order valence-corrected chi connectivity index (χ3v) is 7.53. The summed E-state index contributed by atoms with van der Waals surface area (Å²) in [6.07, 6.45) is 7.17. The second kappa shape index (κ2) is 4.80. The number of fused-ring (bicyclic) bond motifs is 1. The summed E-state index contributed by atoms with van der Waals surface area (Å²) in [6, 6.07) is 0. The predicted molar refractivity (Wildman–Crippen MR) is 68.3 cm³/mol. The first kappa shape index (κ1) is 13.8. The van der Waals surface area contributed by atoms with E-state index < -0.39 is 20.9 Å². The van der Waals surface area contributed by atoms with E-state index in [9.17, 15) is 18.9 Å². The SMILES string of the molecule is COP(=O)(O)CP(=O)(O)C1=C2NCC=CC2C=C1. The van der Waals surface area contributed by atoms with Gasteiger partial charge in [-0.25, -0.2) is 0 Å². The maximum atomic E-state index is 12.2. The zero-order valence-electron chi connectivity index (χ0n) is 9.81. The summed E-state index contributed by atoms with van der Waals surface area (Å²) in [5.41, 5.74) is 0.638. The maximum absolute atomic E-state index is 12.2. The van der Waals surface area contributed by atoms with Crippen LogP contribution in [0.25, 0.3) is 0 Å². The molecule has 0 bridgehead atoms. The average molecular weight is 291 g/mol. The second-order valence-corrected chi connectivity index (χ2v) is 8.81. The molecule has 3 N–H and O–H groups in total. The Morgan fingerprint density at radius 3 is 2.83 bits per heavy atom. The van der Waals surface area contributed by atoms with Crippen LogP contribution < -0.4 is 5.32 Å². The molecule has 8 heteroatoms. The van der Waals surface area contributed by atoms with Gasteiger partial charge in [0.15, 0.2) is 0 Å². The van der Waals surface area contributed by atoms with Gasteiger partial charge in [-0.15, -0.1) is 0 Å². The molecule has 3 unspecified atom stereocenters. The fourth-order valence-corrected chi connectivity index (χ4v) is 5.92. The van der Waals surface area contributed by atoms with E-state index in [1.165, 1.54) is 0 Å². The van der Waals surface area contributed by atoms with Crippen LogP contribution in [0, 0.1) is 5.92 Å². The largest absolute Gasteiger partial charge is 0.383 e. The van der Waals surface area contributed by atoms with Gasteiger partial charge in [0.2, 0.25) is 7.37 Å². The van der Waals surface area contributed by atoms with E-state index >= 15 is 0 Å². The van der Waals surface area contributed by atoms with E-state index in [2.05, 4.69) is 9.84 Å². The first-order valence-electron chi connectivity index (χ1n) is 5.38. The van der Waals surface area contributed by atoms with E-state index in [1.807, 2.05) is 12.2 Å². The van der Waals surface area contributed by atoms with Crippen LogP contribution in [-0.4, -0.2) is 29.3 Å². The van der Waals surface area contributed by atoms with Crippen molar-refractivity contribution in [1.82, 2.24) is 5.32 Å². The van der Waals surface area contributed by atoms with Gasteiger partial charge in [0.25, 0.3) is 0 Å². The van der Waals surface area contributed by atoms with Gasteiger partial charge in [0.1, 0.15) is 5.90 Å². The van der Waals surface area contributed by atoms with E-state index in [-0.39, 0.29) is 11.2 Å². The zero-order chi connectivity index (χ0) is 13.4. The molecule has 0 spiro atoms. The monoisotopic (exact) mass is 291 g/mol. The van der Waals surface area contributed by atoms with Crippen LogP contribution in [0.4, 0.5) is 0 Å². The van der Waals surface area contributed by atoms with Gasteiger partial charge in [0.05, 0.1) is 5.31 Å². The van der Waals surface area contributed by atoms with Gasteiger partial charge in [-0.2, -0.15) is 0 Å². The van der Waals surface area contributed by atoms with Gasteiger partial charge in [0, 0.05) is 25.3 Å². The lowest BCUT2D eigenvalue weighted by Crippen LogP contribution is -2.22. The van der Waals surface area contributed by atoms with Crippen molar-refractivity contribution in [2.24, 2.45) is 5.92 Å². The molecule has 3 atom stereocenters. The summed E-state index contributed by atoms with van der Waals surface area (Å²) in [5, 5.41) is 3.24. The number of hydrogen-bond donors (Lipinski definition) is 3. The highest BCUT2D eigenvalue weighted by Gasteiger charge is 2.38. The molecule has 1 aliphatic carbocycles. The molecule has 6 nitrogen and oxygen atoms in total. The number of allylic oxidation sites excluding steroid dienone is 3. The lowest BCUT2D eigenvalue weighted by molar-refractivity contribution is 0.319. The molecule has 0 fully saturated rings. The van der Waals surface area contributed by atoms with E-state index in [1.54, 1.807) is 12.2 Å². The van der Waals surface area contributed by atoms with E-state index in [0.717, 1.165) is 7.11 Å². The molecule has 0 aromatic carbocycles. The van der Waals surface area contributed by atoms with Crippen LogP contribution in [-0.2, 0) is 13.7 Å². The highest BCUT2D eigenvalue weighted by Crippen LogP contribution is 2.63. The Morgan fingerprint density at radius 2 is 2.17 bits per heavy atom. The molecule has 0 radical (unpaired) electrons. The van der Waals surface area contributed by atoms with Gasteiger partial charge in [-0.05, 0) is 0 Å². The zero-order valence-corrected chi connectivity index (χ0v) is 11.6. The standard InChI is InChI=1S/C10H15NO5P2/c1-16-18(14,15)7-17(12,13)9-5-4-8-3-2-6-11-10(8)9/h2-5,8,11H,6-7H2,1H3,(H,12,13)(H,14,15). The van der Waals surface area contributed by atoms with Crippen LogP contribution in [0.1, 0.15) is 0 Å². The second-order valence-electron chi connectivity index (χ2n) is 4.16. The normalized spacial score (nSPS) is 28.5. The fraction of sp³-hybridized carbons (Fsp3) is 0.400. The first-order chi connectivity index (χ1) is 8.36. The third kappa shape index (κ3) is 2.68. The van der Waals surface area contributed by atoms with Gasteiger partial charge in [-0.3, -0.25) is 9.13 Å². The number of nitrogens with one attached hydrogen (secondary N) is 1. The molecule has 2 aliphatic rings. The molecular weight excluding hydrogens is 276 g/mol. The minimum absolute atomic E-state index is 0.0464. The lowest BCUT2D eigenvalue weighted by Gasteiger charge is -2.21. The predicted octanol–water partition coefficient (Wildman–Crippen LogP) is 1.60. The maximum Gasteiger partial charge on any atom is 0.337 e. The Bertz CT molecular complexity index is 536. The average Bonchev–Trinajstić information content (AvgIpc) is 2.72. The Hall–Kier alpha value is -0.640. The lowest BCUT2D eigenvalue weighted by atomic mass is 10.1. The van der Waals surface area contributed by atoms with Crippen molar-refractivity contribution in [2.45, 2.75) is 0 Å². The van der Waals surface area contributed by atoms with Crippen LogP contribution in [0.15, 0.2) is 35.3 Å². The number of hydrogen-bond acceptors (Lipinski definition) is 4. The Labute approximate surface area is 105 Å². The van der Waals surface area contributed by atoms with Gasteiger partial charge < -0.3 is 19.6 Å². The van der Waals surface area contributed by atoms with E-state index in [4.69, 9.17) is 0 Å². The molecule has 2 rings (SSSR count). The van der Waals surface area contributed by atoms with Gasteiger partial charge in [-0.1, -0.05) is 24.3 Å². The quantitative estimate of drug-likeness (QED) is 0.538. The Balaban J connectivity index is 2.31. The van der Waals surface area contributed by atoms with Crippen molar-refractivity contribution in [1.29, 1.82) is 0 Å². The molecule has 0 amide bonds. The van der Waals surface area contributed by atoms with Crippen LogP contribution >= 0.6 is 15.0 Å². The van der Waals surface area contributed by atoms with Crippen LogP contribution in [0.3, 0.4) is 0 Å². The Morgan fingerprint density at radius 1 is 1.44 bits per heavy atom. The van der Waals surface area contributed by atoms with Crippen molar-refractivity contribution in [2.75, 3.05) is 19.6 Å². The molecule has 1 heterocycles. The number of rotatable bonds is 4. The van der Waals surface area contributed by atoms with Crippen molar-refractivity contribution in [3.63, 3.8) is 0 Å². The summed E-state index contributed by atoms with van der Waals surface area (Å²) >= 11 is 0. The Kier molecular flexibility index (Phi) is 3.67. The van der Waals surface area contributed by atoms with Crippen molar-refractivity contribution in [3.8, 4) is 0 Å². The molecular formula is C10H15NO5P2. The molecule has 1 aliphatic heterocycles. The summed E-state index contributed by atoms with van der Waals surface area (Å²) in [6.45, 7) is 0.581. The molecule has 100 valence electrons. The minimum atomic E-state index is -4.02. The molecule has 0 saturated carbocycles. The van der Waals surface area contributed by atoms with Crippen LogP contribution in [0.2, 0.25) is 0 Å². The summed E-state index contributed by atoms with van der Waals surface area (Å²) in [4.78, 5) is 19.3. The minimum Gasteiger partial charge on any atom is -0.383 e. The molecule has 0 saturated heterocycles. The summed E-state index contributed by atoms with van der Waals surface area (Å²) in [5.74, 6) is -0.813. The van der Waals surface area contributed by atoms with Crippen molar-refractivity contribution < 1.29 is 23.4 Å². The van der Waals surface area contributed by atoms with Gasteiger partial charge >= 0.3 is 7.60 Å². The highest BCUT2D eigenvalue weighted by molar-refractivity contribution is 7.75. The first-order valence-corrected chi connectivity index (χ1v) is 8.99. The van der Waals surface area contributed by atoms with Crippen LogP contribution in [0.5, 0.6) is 0 Å². The highest BCUT2D eigenvalue weighted by atomic mass is 31.2. The fourth-order valence-electron chi connectivity index (χ4n) is 1.98. The molecule has 0 aromatic rings. The molecule has 18 heavy (non-hydrogen) atoms. The third-order valence-electron chi connectivity index (χ3n) is 2.86. The topological polar surface area (TPSA) is 95.9 Å². The summed E-state index contributed by atoms with van der Waals surface area (Å²) < 4.78 is 28.0. The van der Waals surface area contributed by atoms with Crippen molar-refractivity contribution in [3.05, 3.63) is 35.3 Å². The smallest absolute Gasteiger partial charge is 0.337 e. The summed E-state index contributed by atoms with van der Waals surface area (Å²) in [7, 11) is -6.88. The van der Waals surface area contributed by atoms with Crippen molar-refractivity contribution >= 4 is 15.0 Å². The molecule has 0 aromatic heterocycles.